The highest BCUT2D eigenvalue weighted by Gasteiger charge is 2.08. The predicted molar refractivity (Wildman–Crippen MR) is 64.3 cm³/mol. The molecule has 0 bridgehead atoms. The van der Waals surface area contributed by atoms with Gasteiger partial charge in [-0.1, -0.05) is 40.2 Å². The number of halogens is 1. The van der Waals surface area contributed by atoms with E-state index in [0.717, 1.165) is 18.4 Å². The van der Waals surface area contributed by atoms with Crippen molar-refractivity contribution in [3.63, 3.8) is 0 Å². The van der Waals surface area contributed by atoms with Crippen LogP contribution in [0.3, 0.4) is 0 Å². The molecule has 14 heavy (non-hydrogen) atoms. The molecule has 2 rings (SSSR count). The van der Waals surface area contributed by atoms with Gasteiger partial charge in [-0.2, -0.15) is 0 Å². The molecule has 0 aliphatic carbocycles. The molecule has 1 aromatic carbocycles. The Labute approximate surface area is 93.6 Å². The van der Waals surface area contributed by atoms with Crippen LogP contribution in [-0.2, 0) is 6.54 Å². The number of nitrogens with zero attached hydrogens (tertiary/aromatic N) is 1. The summed E-state index contributed by atoms with van der Waals surface area (Å²) in [5, 5.41) is 1.08. The first-order valence-electron chi connectivity index (χ1n) is 4.96. The lowest BCUT2D eigenvalue weighted by Gasteiger charge is -2.24. The first-order valence-corrected chi connectivity index (χ1v) is 6.08. The van der Waals surface area contributed by atoms with E-state index in [-0.39, 0.29) is 0 Å². The minimum Gasteiger partial charge on any atom is -0.373 e. The first kappa shape index (κ1) is 9.78. The fourth-order valence-corrected chi connectivity index (χ4v) is 1.97. The van der Waals surface area contributed by atoms with Crippen molar-refractivity contribution < 1.29 is 0 Å². The molecule has 0 atom stereocenters. The Morgan fingerprint density at radius 1 is 1.29 bits per heavy atom. The summed E-state index contributed by atoms with van der Waals surface area (Å²) >= 11 is 3.46. The van der Waals surface area contributed by atoms with E-state index in [1.807, 2.05) is 0 Å². The Balaban J connectivity index is 2.06. The average molecular weight is 252 g/mol. The van der Waals surface area contributed by atoms with Gasteiger partial charge in [0.05, 0.1) is 0 Å². The molecule has 1 aliphatic heterocycles. The van der Waals surface area contributed by atoms with E-state index >= 15 is 0 Å². The van der Waals surface area contributed by atoms with Gasteiger partial charge in [0.1, 0.15) is 0 Å². The maximum atomic E-state index is 3.46. The summed E-state index contributed by atoms with van der Waals surface area (Å²) in [6.07, 6.45) is 5.60. The van der Waals surface area contributed by atoms with Crippen molar-refractivity contribution in [1.29, 1.82) is 0 Å². The minimum atomic E-state index is 1.06. The van der Waals surface area contributed by atoms with Crippen molar-refractivity contribution in [2.45, 2.75) is 13.0 Å². The molecule has 1 aromatic rings. The van der Waals surface area contributed by atoms with Crippen molar-refractivity contribution in [3.8, 4) is 0 Å². The number of alkyl halides is 1. The highest BCUT2D eigenvalue weighted by molar-refractivity contribution is 9.09. The van der Waals surface area contributed by atoms with Gasteiger partial charge in [-0.15, -0.1) is 0 Å². The van der Waals surface area contributed by atoms with Gasteiger partial charge in [-0.05, 0) is 29.8 Å². The molecular weight excluding hydrogens is 238 g/mol. The van der Waals surface area contributed by atoms with Crippen LogP contribution in [0.2, 0.25) is 0 Å². The van der Waals surface area contributed by atoms with Gasteiger partial charge in [-0.3, -0.25) is 0 Å². The van der Waals surface area contributed by atoms with Gasteiger partial charge in [-0.25, -0.2) is 0 Å². The second-order valence-corrected chi connectivity index (χ2v) is 4.32. The van der Waals surface area contributed by atoms with Crippen molar-refractivity contribution >= 4 is 22.0 Å². The number of hydrogen-bond donors (Lipinski definition) is 0. The molecule has 2 heteroatoms. The molecule has 0 N–H and O–H groups in total. The van der Waals surface area contributed by atoms with Crippen LogP contribution in [0.4, 0.5) is 0 Å². The highest BCUT2D eigenvalue weighted by Crippen LogP contribution is 2.19. The Morgan fingerprint density at radius 2 is 2.14 bits per heavy atom. The lowest BCUT2D eigenvalue weighted by atomic mass is 10.0. The molecule has 0 spiro atoms. The van der Waals surface area contributed by atoms with Gasteiger partial charge in [0.25, 0.3) is 0 Å². The zero-order valence-electron chi connectivity index (χ0n) is 8.12. The molecule has 0 unspecified atom stereocenters. The third-order valence-electron chi connectivity index (χ3n) is 2.47. The molecule has 0 amide bonds. The summed E-state index contributed by atoms with van der Waals surface area (Å²) in [5.74, 6) is 0. The van der Waals surface area contributed by atoms with E-state index < -0.39 is 0 Å². The standard InChI is InChI=1S/C12H14BrN/c13-7-3-8-14-9-6-11-4-1-2-5-12(11)10-14/h1-2,4-6,9H,3,7-8,10H2. The van der Waals surface area contributed by atoms with Gasteiger partial charge >= 0.3 is 0 Å². The fraction of sp³-hybridized carbons (Fsp3) is 0.333. The molecule has 0 aromatic heterocycles. The maximum Gasteiger partial charge on any atom is 0.0429 e. The molecular formula is C12H14BrN. The predicted octanol–water partition coefficient (Wildman–Crippen LogP) is 3.26. The lowest BCUT2D eigenvalue weighted by Crippen LogP contribution is -2.21. The summed E-state index contributed by atoms with van der Waals surface area (Å²) < 4.78 is 0. The molecule has 0 saturated carbocycles. The van der Waals surface area contributed by atoms with Crippen molar-refractivity contribution in [1.82, 2.24) is 4.90 Å². The van der Waals surface area contributed by atoms with Crippen LogP contribution in [0.25, 0.3) is 6.08 Å². The van der Waals surface area contributed by atoms with Gasteiger partial charge in [0.15, 0.2) is 0 Å². The van der Waals surface area contributed by atoms with Crippen LogP contribution in [-0.4, -0.2) is 16.8 Å². The summed E-state index contributed by atoms with van der Waals surface area (Å²) in [6, 6.07) is 8.59. The van der Waals surface area contributed by atoms with Crippen LogP contribution >= 0.6 is 15.9 Å². The molecule has 1 nitrogen and oxygen atoms in total. The third kappa shape index (κ3) is 2.18. The van der Waals surface area contributed by atoms with Crippen molar-refractivity contribution in [3.05, 3.63) is 41.6 Å². The molecule has 74 valence electrons. The van der Waals surface area contributed by atoms with Crippen LogP contribution in [0.1, 0.15) is 17.5 Å². The van der Waals surface area contributed by atoms with Crippen LogP contribution in [0.5, 0.6) is 0 Å². The maximum absolute atomic E-state index is 3.46. The highest BCUT2D eigenvalue weighted by atomic mass is 79.9. The Morgan fingerprint density at radius 3 is 3.00 bits per heavy atom. The van der Waals surface area contributed by atoms with Crippen molar-refractivity contribution in [2.75, 3.05) is 11.9 Å². The lowest BCUT2D eigenvalue weighted by molar-refractivity contribution is 0.368. The summed E-state index contributed by atoms with van der Waals surface area (Å²) in [5.41, 5.74) is 2.80. The van der Waals surface area contributed by atoms with Gasteiger partial charge in [0, 0.05) is 18.4 Å². The van der Waals surface area contributed by atoms with E-state index in [9.17, 15) is 0 Å². The van der Waals surface area contributed by atoms with Gasteiger partial charge < -0.3 is 4.90 Å². The number of rotatable bonds is 3. The monoisotopic (exact) mass is 251 g/mol. The van der Waals surface area contributed by atoms with E-state index in [1.54, 1.807) is 0 Å². The number of hydrogen-bond acceptors (Lipinski definition) is 1. The largest absolute Gasteiger partial charge is 0.373 e. The third-order valence-corrected chi connectivity index (χ3v) is 3.03. The van der Waals surface area contributed by atoms with E-state index in [1.165, 1.54) is 17.5 Å². The topological polar surface area (TPSA) is 3.24 Å². The Hall–Kier alpha value is -0.760. The van der Waals surface area contributed by atoms with Crippen LogP contribution in [0.15, 0.2) is 30.5 Å². The Bertz CT molecular complexity index is 333. The quantitative estimate of drug-likeness (QED) is 0.746. The zero-order chi connectivity index (χ0) is 9.80. The second-order valence-electron chi connectivity index (χ2n) is 3.53. The smallest absolute Gasteiger partial charge is 0.0429 e. The molecule has 1 heterocycles. The Kier molecular flexibility index (Phi) is 3.25. The van der Waals surface area contributed by atoms with E-state index in [0.29, 0.717) is 0 Å². The van der Waals surface area contributed by atoms with Crippen molar-refractivity contribution in [2.24, 2.45) is 0 Å². The molecule has 0 radical (unpaired) electrons. The van der Waals surface area contributed by atoms with Gasteiger partial charge in [0.2, 0.25) is 0 Å². The van der Waals surface area contributed by atoms with Crippen LogP contribution in [0, 0.1) is 0 Å². The van der Waals surface area contributed by atoms with E-state index in [4.69, 9.17) is 0 Å². The van der Waals surface area contributed by atoms with E-state index in [2.05, 4.69) is 57.4 Å². The second kappa shape index (κ2) is 4.65. The molecule has 0 fully saturated rings. The average Bonchev–Trinajstić information content (AvgIpc) is 2.26. The summed E-state index contributed by atoms with van der Waals surface area (Å²) in [4.78, 5) is 2.36. The zero-order valence-corrected chi connectivity index (χ0v) is 9.70. The number of fused-ring (bicyclic) bond motifs is 1. The SMILES string of the molecule is BrCCCN1C=Cc2ccccc2C1. The minimum absolute atomic E-state index is 1.06. The summed E-state index contributed by atoms with van der Waals surface area (Å²) in [6.45, 7) is 2.19. The normalized spacial score (nSPS) is 14.2. The number of benzene rings is 1. The van der Waals surface area contributed by atoms with Crippen LogP contribution < -0.4 is 0 Å². The molecule has 0 saturated heterocycles. The summed E-state index contributed by atoms with van der Waals surface area (Å²) in [7, 11) is 0. The fourth-order valence-electron chi connectivity index (χ4n) is 1.71. The molecule has 1 aliphatic rings. The first-order chi connectivity index (χ1) is 6.90.